The Bertz CT molecular complexity index is 542. The molecule has 6 heteroatoms. The summed E-state index contributed by atoms with van der Waals surface area (Å²) < 4.78 is 12.2. The third-order valence-electron chi connectivity index (χ3n) is 2.55. The molecule has 0 radical (unpaired) electrons. The standard InChI is InChI=1S/C13H16BrN3O2/c1-3-12-16-17-13(19-12)8-18-11-5-4-10(14)6-9(11)7-15-2/h4-6,15H,3,7-8H2,1-2H3. The van der Waals surface area contributed by atoms with Gasteiger partial charge in [-0.05, 0) is 25.2 Å². The molecular formula is C13H16BrN3O2. The smallest absolute Gasteiger partial charge is 0.253 e. The number of aromatic nitrogens is 2. The molecule has 1 aromatic carbocycles. The van der Waals surface area contributed by atoms with Crippen molar-refractivity contribution in [2.75, 3.05) is 7.05 Å². The number of hydrogen-bond acceptors (Lipinski definition) is 5. The first-order valence-corrected chi connectivity index (χ1v) is 6.89. The quantitative estimate of drug-likeness (QED) is 0.884. The Morgan fingerprint density at radius 1 is 1.32 bits per heavy atom. The van der Waals surface area contributed by atoms with Gasteiger partial charge >= 0.3 is 0 Å². The fourth-order valence-corrected chi connectivity index (χ4v) is 2.05. The zero-order chi connectivity index (χ0) is 13.7. The van der Waals surface area contributed by atoms with Gasteiger partial charge in [-0.1, -0.05) is 22.9 Å². The van der Waals surface area contributed by atoms with Crippen LogP contribution in [0.2, 0.25) is 0 Å². The normalized spacial score (nSPS) is 10.7. The van der Waals surface area contributed by atoms with Crippen molar-refractivity contribution < 1.29 is 9.15 Å². The lowest BCUT2D eigenvalue weighted by Crippen LogP contribution is -2.07. The number of ether oxygens (including phenoxy) is 1. The van der Waals surface area contributed by atoms with Crippen molar-refractivity contribution in [3.8, 4) is 5.75 Å². The van der Waals surface area contributed by atoms with E-state index < -0.39 is 0 Å². The first-order valence-electron chi connectivity index (χ1n) is 6.10. The molecule has 5 nitrogen and oxygen atoms in total. The topological polar surface area (TPSA) is 60.2 Å². The van der Waals surface area contributed by atoms with Gasteiger partial charge in [-0.2, -0.15) is 0 Å². The minimum atomic E-state index is 0.283. The molecule has 0 saturated carbocycles. The molecule has 0 aliphatic carbocycles. The Kier molecular flexibility index (Phi) is 4.93. The van der Waals surface area contributed by atoms with Gasteiger partial charge in [0, 0.05) is 23.0 Å². The molecule has 102 valence electrons. The highest BCUT2D eigenvalue weighted by Crippen LogP contribution is 2.24. The molecule has 1 N–H and O–H groups in total. The van der Waals surface area contributed by atoms with Gasteiger partial charge in [0.2, 0.25) is 5.89 Å². The predicted molar refractivity (Wildman–Crippen MR) is 74.9 cm³/mol. The Balaban J connectivity index is 2.05. The summed E-state index contributed by atoms with van der Waals surface area (Å²) in [4.78, 5) is 0. The summed E-state index contributed by atoms with van der Waals surface area (Å²) in [6.07, 6.45) is 0.732. The third-order valence-corrected chi connectivity index (χ3v) is 3.05. The maximum absolute atomic E-state index is 5.73. The molecule has 2 rings (SSSR count). The van der Waals surface area contributed by atoms with Gasteiger partial charge in [0.15, 0.2) is 6.61 Å². The molecule has 0 bridgehead atoms. The van der Waals surface area contributed by atoms with Gasteiger partial charge in [-0.25, -0.2) is 0 Å². The van der Waals surface area contributed by atoms with Crippen LogP contribution in [0.5, 0.6) is 5.75 Å². The van der Waals surface area contributed by atoms with Crippen molar-refractivity contribution >= 4 is 15.9 Å². The molecule has 0 unspecified atom stereocenters. The summed E-state index contributed by atoms with van der Waals surface area (Å²) in [5, 5.41) is 10.9. The van der Waals surface area contributed by atoms with E-state index in [4.69, 9.17) is 9.15 Å². The van der Waals surface area contributed by atoms with Crippen LogP contribution in [0.15, 0.2) is 27.1 Å². The average molecular weight is 326 g/mol. The highest BCUT2D eigenvalue weighted by atomic mass is 79.9. The molecule has 0 aliphatic rings. The minimum Gasteiger partial charge on any atom is -0.483 e. The lowest BCUT2D eigenvalue weighted by Gasteiger charge is -2.10. The Morgan fingerprint density at radius 2 is 2.11 bits per heavy atom. The summed E-state index contributed by atoms with van der Waals surface area (Å²) >= 11 is 3.45. The van der Waals surface area contributed by atoms with E-state index in [1.807, 2.05) is 32.2 Å². The number of rotatable bonds is 6. The molecule has 0 fully saturated rings. The van der Waals surface area contributed by atoms with Gasteiger partial charge in [-0.15, -0.1) is 10.2 Å². The number of nitrogens with zero attached hydrogens (tertiary/aromatic N) is 2. The van der Waals surface area contributed by atoms with Crippen LogP contribution in [0.3, 0.4) is 0 Å². The van der Waals surface area contributed by atoms with E-state index in [-0.39, 0.29) is 6.61 Å². The average Bonchev–Trinajstić information content (AvgIpc) is 2.86. The minimum absolute atomic E-state index is 0.283. The second-order valence-corrected chi connectivity index (χ2v) is 4.93. The van der Waals surface area contributed by atoms with E-state index in [9.17, 15) is 0 Å². The van der Waals surface area contributed by atoms with E-state index >= 15 is 0 Å². The summed E-state index contributed by atoms with van der Waals surface area (Å²) in [5.74, 6) is 1.94. The van der Waals surface area contributed by atoms with Gasteiger partial charge in [-0.3, -0.25) is 0 Å². The second-order valence-electron chi connectivity index (χ2n) is 4.01. The molecule has 19 heavy (non-hydrogen) atoms. The van der Waals surface area contributed by atoms with E-state index in [0.29, 0.717) is 11.8 Å². The maximum atomic E-state index is 5.73. The zero-order valence-electron chi connectivity index (χ0n) is 10.9. The van der Waals surface area contributed by atoms with Crippen LogP contribution in [-0.2, 0) is 19.6 Å². The summed E-state index contributed by atoms with van der Waals surface area (Å²) in [6.45, 7) is 2.99. The molecule has 0 amide bonds. The molecule has 0 aliphatic heterocycles. The second kappa shape index (κ2) is 6.68. The third kappa shape index (κ3) is 3.78. The number of aryl methyl sites for hydroxylation is 1. The maximum Gasteiger partial charge on any atom is 0.253 e. The molecule has 1 heterocycles. The Labute approximate surface area is 120 Å². The van der Waals surface area contributed by atoms with Crippen molar-refractivity contribution in [2.24, 2.45) is 0 Å². The summed E-state index contributed by atoms with van der Waals surface area (Å²) in [7, 11) is 1.90. The number of benzene rings is 1. The van der Waals surface area contributed by atoms with Gasteiger partial charge in [0.05, 0.1) is 0 Å². The Hall–Kier alpha value is -1.40. The first-order chi connectivity index (χ1) is 9.22. The lowest BCUT2D eigenvalue weighted by molar-refractivity contribution is 0.256. The molecule has 1 aromatic heterocycles. The van der Waals surface area contributed by atoms with E-state index in [0.717, 1.165) is 28.8 Å². The van der Waals surface area contributed by atoms with Gasteiger partial charge in [0.25, 0.3) is 5.89 Å². The number of halogens is 1. The SMILES string of the molecule is CCc1nnc(COc2ccc(Br)cc2CNC)o1. The van der Waals surface area contributed by atoms with Crippen LogP contribution in [-0.4, -0.2) is 17.2 Å². The molecule has 0 atom stereocenters. The van der Waals surface area contributed by atoms with E-state index in [2.05, 4.69) is 31.4 Å². The van der Waals surface area contributed by atoms with Crippen molar-refractivity contribution in [2.45, 2.75) is 26.5 Å². The van der Waals surface area contributed by atoms with Crippen LogP contribution in [0.4, 0.5) is 0 Å². The van der Waals surface area contributed by atoms with E-state index in [1.165, 1.54) is 0 Å². The lowest BCUT2D eigenvalue weighted by atomic mass is 10.2. The molecule has 0 saturated heterocycles. The van der Waals surface area contributed by atoms with Crippen LogP contribution in [0, 0.1) is 0 Å². The number of nitrogens with one attached hydrogen (secondary N) is 1. The monoisotopic (exact) mass is 325 g/mol. The zero-order valence-corrected chi connectivity index (χ0v) is 12.5. The fraction of sp³-hybridized carbons (Fsp3) is 0.385. The fourth-order valence-electron chi connectivity index (χ4n) is 1.65. The van der Waals surface area contributed by atoms with Crippen LogP contribution in [0.1, 0.15) is 24.3 Å². The highest BCUT2D eigenvalue weighted by Gasteiger charge is 2.08. The van der Waals surface area contributed by atoms with Crippen LogP contribution >= 0.6 is 15.9 Å². The van der Waals surface area contributed by atoms with Crippen molar-refractivity contribution in [1.82, 2.24) is 15.5 Å². The summed E-state index contributed by atoms with van der Waals surface area (Å²) in [5.41, 5.74) is 1.08. The molecular weight excluding hydrogens is 310 g/mol. The van der Waals surface area contributed by atoms with E-state index in [1.54, 1.807) is 0 Å². The van der Waals surface area contributed by atoms with Crippen LogP contribution < -0.4 is 10.1 Å². The van der Waals surface area contributed by atoms with Gasteiger partial charge < -0.3 is 14.5 Å². The Morgan fingerprint density at radius 3 is 2.79 bits per heavy atom. The highest BCUT2D eigenvalue weighted by molar-refractivity contribution is 9.10. The number of hydrogen-bond donors (Lipinski definition) is 1. The van der Waals surface area contributed by atoms with Crippen LogP contribution in [0.25, 0.3) is 0 Å². The van der Waals surface area contributed by atoms with Crippen molar-refractivity contribution in [1.29, 1.82) is 0 Å². The van der Waals surface area contributed by atoms with Crippen molar-refractivity contribution in [3.05, 3.63) is 40.0 Å². The predicted octanol–water partition coefficient (Wildman–Crippen LogP) is 2.69. The first kappa shape index (κ1) is 14.0. The summed E-state index contributed by atoms with van der Waals surface area (Å²) in [6, 6.07) is 5.89. The largest absolute Gasteiger partial charge is 0.483 e. The molecule has 0 spiro atoms. The molecule has 2 aromatic rings. The van der Waals surface area contributed by atoms with Crippen molar-refractivity contribution in [3.63, 3.8) is 0 Å². The van der Waals surface area contributed by atoms with Gasteiger partial charge in [0.1, 0.15) is 5.75 Å².